The predicted octanol–water partition coefficient (Wildman–Crippen LogP) is 4.55. The maximum Gasteiger partial charge on any atom is 0.319 e. The van der Waals surface area contributed by atoms with Gasteiger partial charge in [0.1, 0.15) is 17.4 Å². The van der Waals surface area contributed by atoms with Gasteiger partial charge in [-0.2, -0.15) is 9.97 Å². The number of piperazine rings is 1. The first-order valence-electron chi connectivity index (χ1n) is 12.7. The second-order valence-corrected chi connectivity index (χ2v) is 10.9. The van der Waals surface area contributed by atoms with Crippen LogP contribution < -0.4 is 20.7 Å². The number of rotatable bonds is 5. The molecule has 0 bridgehead atoms. The Bertz CT molecular complexity index is 1450. The molecule has 0 saturated carbocycles. The quantitative estimate of drug-likeness (QED) is 0.380. The molecule has 2 aromatic carbocycles. The summed E-state index contributed by atoms with van der Waals surface area (Å²) in [4.78, 5) is 18.4. The lowest BCUT2D eigenvalue weighted by atomic mass is 10.0. The molecule has 8 nitrogen and oxygen atoms in total. The number of aromatic nitrogens is 3. The average molecular weight is 542 g/mol. The van der Waals surface area contributed by atoms with Crippen LogP contribution in [0, 0.1) is 5.82 Å². The van der Waals surface area contributed by atoms with Gasteiger partial charge in [0.2, 0.25) is 0 Å². The van der Waals surface area contributed by atoms with Gasteiger partial charge >= 0.3 is 6.01 Å². The molecule has 0 radical (unpaired) electrons. The van der Waals surface area contributed by atoms with Crippen LogP contribution in [0.1, 0.15) is 19.8 Å². The molecule has 0 aliphatic carbocycles. The summed E-state index contributed by atoms with van der Waals surface area (Å²) < 4.78 is 23.6. The van der Waals surface area contributed by atoms with Crippen molar-refractivity contribution < 1.29 is 9.13 Å². The number of nitrogens with two attached hydrogens (primary N) is 1. The van der Waals surface area contributed by atoms with Gasteiger partial charge in [-0.25, -0.2) is 9.37 Å². The molecule has 3 N–H and O–H groups in total. The number of nitrogen functional groups attached to an aromatic ring is 1. The van der Waals surface area contributed by atoms with Crippen LogP contribution in [0.2, 0.25) is 5.02 Å². The zero-order valence-electron chi connectivity index (χ0n) is 20.6. The van der Waals surface area contributed by atoms with Crippen molar-refractivity contribution in [2.75, 3.05) is 56.4 Å². The fourth-order valence-electron chi connectivity index (χ4n) is 5.24. The Kier molecular flexibility index (Phi) is 6.74. The SMILES string of the molecule is CCN1CCC(Oc2nc(N3CCNCC3)c3cc(Cl)c(-c4cccc5sc(N)nc45)c(F)c3n2)CC1. The number of halogens is 2. The normalized spacial score (nSPS) is 17.6. The summed E-state index contributed by atoms with van der Waals surface area (Å²) in [5.74, 6) is 0.141. The van der Waals surface area contributed by atoms with E-state index in [0.29, 0.717) is 27.4 Å². The van der Waals surface area contributed by atoms with Crippen LogP contribution in [0.25, 0.3) is 32.2 Å². The molecule has 37 heavy (non-hydrogen) atoms. The number of nitrogens with zero attached hydrogens (tertiary/aromatic N) is 5. The molecule has 194 valence electrons. The highest BCUT2D eigenvalue weighted by molar-refractivity contribution is 7.22. The molecule has 2 aliphatic heterocycles. The topological polar surface area (TPSA) is 92.4 Å². The molecule has 0 amide bonds. The Morgan fingerprint density at radius 1 is 1.14 bits per heavy atom. The van der Waals surface area contributed by atoms with Crippen LogP contribution in [0.4, 0.5) is 15.3 Å². The van der Waals surface area contributed by atoms with Crippen LogP contribution in [0.15, 0.2) is 24.3 Å². The Morgan fingerprint density at radius 3 is 2.68 bits per heavy atom. The number of piperidine rings is 1. The van der Waals surface area contributed by atoms with E-state index < -0.39 is 5.82 Å². The van der Waals surface area contributed by atoms with Gasteiger partial charge in [0.15, 0.2) is 10.9 Å². The Balaban J connectivity index is 1.48. The second kappa shape index (κ2) is 10.2. The second-order valence-electron chi connectivity index (χ2n) is 9.47. The first-order valence-corrected chi connectivity index (χ1v) is 13.9. The molecule has 4 heterocycles. The first kappa shape index (κ1) is 24.5. The summed E-state index contributed by atoms with van der Waals surface area (Å²) >= 11 is 8.13. The largest absolute Gasteiger partial charge is 0.460 e. The highest BCUT2D eigenvalue weighted by Gasteiger charge is 2.26. The molecule has 2 fully saturated rings. The maximum absolute atomic E-state index is 16.4. The van der Waals surface area contributed by atoms with Crippen molar-refractivity contribution in [3.63, 3.8) is 0 Å². The van der Waals surface area contributed by atoms with E-state index in [2.05, 4.69) is 32.0 Å². The van der Waals surface area contributed by atoms with Gasteiger partial charge in [0.25, 0.3) is 0 Å². The predicted molar refractivity (Wildman–Crippen MR) is 148 cm³/mol. The standard InChI is InChI=1S/C26H29ClFN7OS/c1-2-34-10-6-15(7-11-34)36-26-32-23-17(24(33-26)35-12-8-30-9-13-35)14-18(27)20(21(23)28)16-4-3-5-19-22(16)31-25(29)37-19/h3-5,14-15,30H,2,6-13H2,1H3,(H2,29,31). The number of ether oxygens (including phenoxy) is 1. The molecule has 2 saturated heterocycles. The van der Waals surface area contributed by atoms with Crippen molar-refractivity contribution in [3.8, 4) is 17.1 Å². The van der Waals surface area contributed by atoms with Gasteiger partial charge in [0, 0.05) is 55.8 Å². The molecule has 6 rings (SSSR count). The molecule has 11 heteroatoms. The molecule has 0 atom stereocenters. The lowest BCUT2D eigenvalue weighted by Gasteiger charge is -2.32. The number of nitrogens with one attached hydrogen (secondary N) is 1. The van der Waals surface area contributed by atoms with Crippen molar-refractivity contribution in [2.24, 2.45) is 0 Å². The minimum absolute atomic E-state index is 0.00214. The van der Waals surface area contributed by atoms with Gasteiger partial charge < -0.3 is 25.6 Å². The zero-order valence-corrected chi connectivity index (χ0v) is 22.2. The maximum atomic E-state index is 16.4. The zero-order chi connectivity index (χ0) is 25.5. The van der Waals surface area contributed by atoms with E-state index in [4.69, 9.17) is 27.1 Å². The number of para-hydroxylation sites is 1. The fraction of sp³-hybridized carbons (Fsp3) is 0.423. The summed E-state index contributed by atoms with van der Waals surface area (Å²) in [6, 6.07) is 7.57. The number of benzene rings is 2. The summed E-state index contributed by atoms with van der Waals surface area (Å²) in [6.45, 7) is 8.26. The van der Waals surface area contributed by atoms with Crippen LogP contribution in [-0.4, -0.2) is 71.8 Å². The number of likely N-dealkylation sites (tertiary alicyclic amines) is 1. The fourth-order valence-corrected chi connectivity index (χ4v) is 6.29. The number of anilines is 2. The van der Waals surface area contributed by atoms with E-state index in [-0.39, 0.29) is 28.2 Å². The third-order valence-corrected chi connectivity index (χ3v) is 8.37. The molecule has 4 aromatic rings. The number of thiazole rings is 1. The summed E-state index contributed by atoms with van der Waals surface area (Å²) in [5, 5.41) is 4.64. The van der Waals surface area contributed by atoms with E-state index in [9.17, 15) is 0 Å². The van der Waals surface area contributed by atoms with E-state index in [1.807, 2.05) is 18.2 Å². The van der Waals surface area contributed by atoms with E-state index in [1.54, 1.807) is 6.07 Å². The van der Waals surface area contributed by atoms with Crippen LogP contribution in [0.3, 0.4) is 0 Å². The Labute approximate surface area is 223 Å². The van der Waals surface area contributed by atoms with Crippen molar-refractivity contribution in [2.45, 2.75) is 25.9 Å². The van der Waals surface area contributed by atoms with E-state index >= 15 is 4.39 Å². The molecule has 2 aromatic heterocycles. The third-order valence-electron chi connectivity index (χ3n) is 7.22. The van der Waals surface area contributed by atoms with Gasteiger partial charge in [-0.05, 0) is 31.5 Å². The van der Waals surface area contributed by atoms with Gasteiger partial charge in [0.05, 0.1) is 15.2 Å². The lowest BCUT2D eigenvalue weighted by Crippen LogP contribution is -2.44. The molecular weight excluding hydrogens is 513 g/mol. The molecule has 2 aliphatic rings. The summed E-state index contributed by atoms with van der Waals surface area (Å²) in [6.07, 6.45) is 1.78. The van der Waals surface area contributed by atoms with E-state index in [1.165, 1.54) is 11.3 Å². The molecule has 0 spiro atoms. The van der Waals surface area contributed by atoms with Crippen LogP contribution >= 0.6 is 22.9 Å². The summed E-state index contributed by atoms with van der Waals surface area (Å²) in [7, 11) is 0. The summed E-state index contributed by atoms with van der Waals surface area (Å²) in [5.41, 5.74) is 7.64. The highest BCUT2D eigenvalue weighted by Crippen LogP contribution is 2.42. The highest BCUT2D eigenvalue weighted by atomic mass is 35.5. The first-order chi connectivity index (χ1) is 18.0. The van der Waals surface area contributed by atoms with Gasteiger partial charge in [-0.15, -0.1) is 0 Å². The lowest BCUT2D eigenvalue weighted by molar-refractivity contribution is 0.0959. The Hall–Kier alpha value is -2.79. The Morgan fingerprint density at radius 2 is 1.92 bits per heavy atom. The minimum atomic E-state index is -0.508. The van der Waals surface area contributed by atoms with Crippen molar-refractivity contribution in [1.82, 2.24) is 25.2 Å². The molecule has 0 unspecified atom stereocenters. The van der Waals surface area contributed by atoms with Crippen molar-refractivity contribution in [3.05, 3.63) is 35.1 Å². The average Bonchev–Trinajstić information content (AvgIpc) is 3.31. The number of hydrogen-bond donors (Lipinski definition) is 2. The van der Waals surface area contributed by atoms with Crippen LogP contribution in [0.5, 0.6) is 6.01 Å². The minimum Gasteiger partial charge on any atom is -0.460 e. The smallest absolute Gasteiger partial charge is 0.319 e. The van der Waals surface area contributed by atoms with Crippen molar-refractivity contribution >= 4 is 55.0 Å². The molecular formula is C26H29ClFN7OS. The number of fused-ring (bicyclic) bond motifs is 2. The van der Waals surface area contributed by atoms with Gasteiger partial charge in [-0.3, -0.25) is 0 Å². The third kappa shape index (κ3) is 4.67. The van der Waals surface area contributed by atoms with Crippen molar-refractivity contribution in [1.29, 1.82) is 0 Å². The van der Waals surface area contributed by atoms with E-state index in [0.717, 1.165) is 63.4 Å². The van der Waals surface area contributed by atoms with Crippen LogP contribution in [-0.2, 0) is 0 Å². The number of hydrogen-bond acceptors (Lipinski definition) is 9. The van der Waals surface area contributed by atoms with Gasteiger partial charge in [-0.1, -0.05) is 42.0 Å². The monoisotopic (exact) mass is 541 g/mol.